The molecule has 0 aliphatic rings. The zero-order chi connectivity index (χ0) is 9.84. The number of halogens is 1. The van der Waals surface area contributed by atoms with E-state index in [1.165, 1.54) is 0 Å². The quantitative estimate of drug-likeness (QED) is 0.761. The third-order valence-corrected chi connectivity index (χ3v) is 1.67. The molecular formula is C9H12ClNO2. The van der Waals surface area contributed by atoms with Crippen LogP contribution in [0.1, 0.15) is 19.5 Å². The molecule has 0 bridgehead atoms. The molecule has 3 nitrogen and oxygen atoms in total. The lowest BCUT2D eigenvalue weighted by Gasteiger charge is -2.10. The zero-order valence-corrected chi connectivity index (χ0v) is 8.38. The lowest BCUT2D eigenvalue weighted by Crippen LogP contribution is -2.06. The highest BCUT2D eigenvalue weighted by molar-refractivity contribution is 6.30. The molecule has 0 aliphatic carbocycles. The van der Waals surface area contributed by atoms with Crippen LogP contribution < -0.4 is 4.74 Å². The van der Waals surface area contributed by atoms with Crippen LogP contribution in [0.2, 0.25) is 5.15 Å². The van der Waals surface area contributed by atoms with E-state index >= 15 is 0 Å². The summed E-state index contributed by atoms with van der Waals surface area (Å²) in [7, 11) is 0. The standard InChI is InChI=1S/C9H12ClNO2/c1-6(2)13-8-4-3-7(5-12)11-9(8)10/h3-4,6,12H,5H2,1-2H3. The van der Waals surface area contributed by atoms with Gasteiger partial charge in [-0.2, -0.15) is 0 Å². The SMILES string of the molecule is CC(C)Oc1ccc(CO)nc1Cl. The van der Waals surface area contributed by atoms with Crippen molar-refractivity contribution in [2.75, 3.05) is 0 Å². The molecule has 0 aliphatic heterocycles. The van der Waals surface area contributed by atoms with E-state index in [1.807, 2.05) is 13.8 Å². The van der Waals surface area contributed by atoms with E-state index in [9.17, 15) is 0 Å². The van der Waals surface area contributed by atoms with Crippen LogP contribution in [0.15, 0.2) is 12.1 Å². The van der Waals surface area contributed by atoms with Crippen molar-refractivity contribution in [1.82, 2.24) is 4.98 Å². The lowest BCUT2D eigenvalue weighted by atomic mass is 10.3. The number of nitrogens with zero attached hydrogens (tertiary/aromatic N) is 1. The van der Waals surface area contributed by atoms with Crippen LogP contribution in [0.4, 0.5) is 0 Å². The molecule has 1 N–H and O–H groups in total. The minimum Gasteiger partial charge on any atom is -0.488 e. The average Bonchev–Trinajstić information content (AvgIpc) is 2.08. The van der Waals surface area contributed by atoms with E-state index in [1.54, 1.807) is 12.1 Å². The van der Waals surface area contributed by atoms with Crippen molar-refractivity contribution in [1.29, 1.82) is 0 Å². The molecule has 0 spiro atoms. The van der Waals surface area contributed by atoms with Crippen molar-refractivity contribution < 1.29 is 9.84 Å². The number of ether oxygens (including phenoxy) is 1. The normalized spacial score (nSPS) is 10.5. The maximum Gasteiger partial charge on any atom is 0.171 e. The van der Waals surface area contributed by atoms with Gasteiger partial charge in [-0.05, 0) is 26.0 Å². The summed E-state index contributed by atoms with van der Waals surface area (Å²) in [4.78, 5) is 3.94. The summed E-state index contributed by atoms with van der Waals surface area (Å²) in [5.74, 6) is 0.550. The fraction of sp³-hybridized carbons (Fsp3) is 0.444. The van der Waals surface area contributed by atoms with Gasteiger partial charge in [0.2, 0.25) is 0 Å². The second-order valence-electron chi connectivity index (χ2n) is 2.92. The van der Waals surface area contributed by atoms with Crippen molar-refractivity contribution in [2.24, 2.45) is 0 Å². The second kappa shape index (κ2) is 4.44. The summed E-state index contributed by atoms with van der Waals surface area (Å²) in [6.07, 6.45) is 0.0688. The molecule has 0 radical (unpaired) electrons. The first-order chi connectivity index (χ1) is 6.13. The lowest BCUT2D eigenvalue weighted by molar-refractivity contribution is 0.240. The molecule has 1 aromatic rings. The van der Waals surface area contributed by atoms with E-state index in [0.717, 1.165) is 0 Å². The van der Waals surface area contributed by atoms with Crippen LogP contribution >= 0.6 is 11.6 Å². The zero-order valence-electron chi connectivity index (χ0n) is 7.62. The van der Waals surface area contributed by atoms with Gasteiger partial charge in [-0.15, -0.1) is 0 Å². The van der Waals surface area contributed by atoms with Crippen LogP contribution in [0.3, 0.4) is 0 Å². The largest absolute Gasteiger partial charge is 0.488 e. The Morgan fingerprint density at radius 1 is 1.54 bits per heavy atom. The number of rotatable bonds is 3. The van der Waals surface area contributed by atoms with Crippen LogP contribution in [0.5, 0.6) is 5.75 Å². The fourth-order valence-corrected chi connectivity index (χ4v) is 1.11. The van der Waals surface area contributed by atoms with Gasteiger partial charge in [-0.25, -0.2) is 4.98 Å². The Kier molecular flexibility index (Phi) is 3.51. The first kappa shape index (κ1) is 10.3. The van der Waals surface area contributed by atoms with Gasteiger partial charge in [-0.3, -0.25) is 0 Å². The van der Waals surface area contributed by atoms with Gasteiger partial charge < -0.3 is 9.84 Å². The summed E-state index contributed by atoms with van der Waals surface area (Å²) >= 11 is 5.81. The van der Waals surface area contributed by atoms with Crippen molar-refractivity contribution >= 4 is 11.6 Å². The number of aliphatic hydroxyl groups is 1. The van der Waals surface area contributed by atoms with Gasteiger partial charge in [-0.1, -0.05) is 11.6 Å². The molecule has 0 unspecified atom stereocenters. The summed E-state index contributed by atoms with van der Waals surface area (Å²) in [5.41, 5.74) is 0.543. The second-order valence-corrected chi connectivity index (χ2v) is 3.27. The number of hydrogen-bond donors (Lipinski definition) is 1. The van der Waals surface area contributed by atoms with Crippen LogP contribution in [-0.2, 0) is 6.61 Å². The maximum absolute atomic E-state index is 8.77. The molecule has 0 fully saturated rings. The smallest absolute Gasteiger partial charge is 0.171 e. The highest BCUT2D eigenvalue weighted by Gasteiger charge is 2.05. The Morgan fingerprint density at radius 3 is 2.69 bits per heavy atom. The molecule has 1 rings (SSSR count). The molecule has 4 heteroatoms. The number of hydrogen-bond acceptors (Lipinski definition) is 3. The monoisotopic (exact) mass is 201 g/mol. The van der Waals surface area contributed by atoms with Crippen LogP contribution in [0, 0.1) is 0 Å². The summed E-state index contributed by atoms with van der Waals surface area (Å²) in [6.45, 7) is 3.72. The van der Waals surface area contributed by atoms with Crippen LogP contribution in [0.25, 0.3) is 0 Å². The van der Waals surface area contributed by atoms with E-state index in [-0.39, 0.29) is 12.7 Å². The van der Waals surface area contributed by atoms with E-state index < -0.39 is 0 Å². The van der Waals surface area contributed by atoms with Crippen molar-refractivity contribution in [3.8, 4) is 5.75 Å². The van der Waals surface area contributed by atoms with Gasteiger partial charge in [0.15, 0.2) is 10.9 Å². The topological polar surface area (TPSA) is 42.4 Å². The molecule has 0 atom stereocenters. The molecule has 0 saturated heterocycles. The molecular weight excluding hydrogens is 190 g/mol. The summed E-state index contributed by atoms with van der Waals surface area (Å²) in [6, 6.07) is 3.39. The van der Waals surface area contributed by atoms with Crippen LogP contribution in [-0.4, -0.2) is 16.2 Å². The molecule has 0 amide bonds. The predicted molar refractivity (Wildman–Crippen MR) is 50.9 cm³/mol. The van der Waals surface area contributed by atoms with Crippen molar-refractivity contribution in [3.63, 3.8) is 0 Å². The third-order valence-electron chi connectivity index (χ3n) is 1.40. The number of aliphatic hydroxyl groups excluding tert-OH is 1. The summed E-state index contributed by atoms with van der Waals surface area (Å²) in [5, 5.41) is 9.06. The average molecular weight is 202 g/mol. The Hall–Kier alpha value is -0.800. The predicted octanol–water partition coefficient (Wildman–Crippen LogP) is 2.01. The molecule has 72 valence electrons. The highest BCUT2D eigenvalue weighted by atomic mass is 35.5. The summed E-state index contributed by atoms with van der Waals surface area (Å²) < 4.78 is 5.37. The maximum atomic E-state index is 8.77. The third kappa shape index (κ3) is 2.86. The van der Waals surface area contributed by atoms with Gasteiger partial charge in [0, 0.05) is 0 Å². The number of aromatic nitrogens is 1. The van der Waals surface area contributed by atoms with Gasteiger partial charge in [0.25, 0.3) is 0 Å². The van der Waals surface area contributed by atoms with Gasteiger partial charge in [0.05, 0.1) is 18.4 Å². The van der Waals surface area contributed by atoms with E-state index in [0.29, 0.717) is 16.6 Å². The molecule has 1 heterocycles. The van der Waals surface area contributed by atoms with Gasteiger partial charge in [0.1, 0.15) is 0 Å². The van der Waals surface area contributed by atoms with Crippen molar-refractivity contribution in [2.45, 2.75) is 26.6 Å². The highest BCUT2D eigenvalue weighted by Crippen LogP contribution is 2.23. The Bertz CT molecular complexity index is 289. The Balaban J connectivity index is 2.85. The first-order valence-corrected chi connectivity index (χ1v) is 4.44. The van der Waals surface area contributed by atoms with E-state index in [4.69, 9.17) is 21.4 Å². The molecule has 13 heavy (non-hydrogen) atoms. The van der Waals surface area contributed by atoms with Gasteiger partial charge >= 0.3 is 0 Å². The minimum atomic E-state index is -0.109. The molecule has 1 aromatic heterocycles. The first-order valence-electron chi connectivity index (χ1n) is 4.06. The fourth-order valence-electron chi connectivity index (χ4n) is 0.889. The molecule has 0 aromatic carbocycles. The number of pyridine rings is 1. The molecule has 0 saturated carbocycles. The minimum absolute atomic E-state index is 0.0688. The Labute approximate surface area is 82.3 Å². The van der Waals surface area contributed by atoms with E-state index in [2.05, 4.69) is 4.98 Å². The Morgan fingerprint density at radius 2 is 2.23 bits per heavy atom. The van der Waals surface area contributed by atoms with Crippen molar-refractivity contribution in [3.05, 3.63) is 23.0 Å².